The van der Waals surface area contributed by atoms with Gasteiger partial charge < -0.3 is 15.5 Å². The zero-order valence-electron chi connectivity index (χ0n) is 19.6. The number of fused-ring (bicyclic) bond motifs is 5. The Bertz CT molecular complexity index is 915. The van der Waals surface area contributed by atoms with Crippen molar-refractivity contribution in [2.24, 2.45) is 34.5 Å². The van der Waals surface area contributed by atoms with Crippen molar-refractivity contribution in [3.05, 3.63) is 42.5 Å². The van der Waals surface area contributed by atoms with E-state index in [4.69, 9.17) is 0 Å². The van der Waals surface area contributed by atoms with Crippen LogP contribution in [0.15, 0.2) is 42.5 Å². The van der Waals surface area contributed by atoms with Gasteiger partial charge in [-0.3, -0.25) is 4.79 Å². The molecule has 5 heteroatoms. The third-order valence-electron chi connectivity index (χ3n) is 9.86. The first-order chi connectivity index (χ1) is 15.3. The van der Waals surface area contributed by atoms with Crippen LogP contribution in [0.4, 0.5) is 10.5 Å². The van der Waals surface area contributed by atoms with E-state index < -0.39 is 0 Å². The number of hydrogen-bond acceptors (Lipinski definition) is 2. The first-order valence-corrected chi connectivity index (χ1v) is 12.4. The largest absolute Gasteiger partial charge is 0.338 e. The molecule has 172 valence electrons. The van der Waals surface area contributed by atoms with Crippen molar-refractivity contribution < 1.29 is 9.59 Å². The van der Waals surface area contributed by atoms with Crippen LogP contribution in [0.3, 0.4) is 0 Å². The molecular formula is C27H37N3O2. The summed E-state index contributed by atoms with van der Waals surface area (Å²) in [6.07, 6.45) is 11.3. The first-order valence-electron chi connectivity index (χ1n) is 12.4. The predicted molar refractivity (Wildman–Crippen MR) is 127 cm³/mol. The smallest absolute Gasteiger partial charge is 0.319 e. The fourth-order valence-electron chi connectivity index (χ4n) is 8.10. The highest BCUT2D eigenvalue weighted by Gasteiger charge is 2.60. The highest BCUT2D eigenvalue weighted by Crippen LogP contribution is 2.65. The van der Waals surface area contributed by atoms with Gasteiger partial charge in [0.15, 0.2) is 0 Å². The Balaban J connectivity index is 1.26. The van der Waals surface area contributed by atoms with E-state index in [1.165, 1.54) is 32.1 Å². The van der Waals surface area contributed by atoms with Gasteiger partial charge in [-0.25, -0.2) is 4.79 Å². The molecule has 0 saturated heterocycles. The molecule has 4 aliphatic rings. The van der Waals surface area contributed by atoms with Crippen LogP contribution in [0.2, 0.25) is 0 Å². The van der Waals surface area contributed by atoms with Crippen LogP contribution < -0.4 is 10.6 Å². The monoisotopic (exact) mass is 435 g/mol. The predicted octanol–water partition coefficient (Wildman–Crippen LogP) is 5.06. The Labute approximate surface area is 192 Å². The number of urea groups is 1. The van der Waals surface area contributed by atoms with Crippen molar-refractivity contribution >= 4 is 17.6 Å². The number of benzene rings is 1. The summed E-state index contributed by atoms with van der Waals surface area (Å²) in [7, 11) is 1.99. The molecule has 3 fully saturated rings. The topological polar surface area (TPSA) is 61.4 Å². The lowest BCUT2D eigenvalue weighted by Crippen LogP contribution is -2.59. The van der Waals surface area contributed by atoms with Crippen molar-refractivity contribution in [3.8, 4) is 0 Å². The molecule has 0 spiro atoms. The molecule has 0 bridgehead atoms. The highest BCUT2D eigenvalue weighted by molar-refractivity contribution is 5.89. The molecule has 3 saturated carbocycles. The second-order valence-corrected chi connectivity index (χ2v) is 11.1. The van der Waals surface area contributed by atoms with Crippen molar-refractivity contribution in [2.75, 3.05) is 18.9 Å². The molecule has 3 aliphatic carbocycles. The van der Waals surface area contributed by atoms with Crippen LogP contribution in [0.1, 0.15) is 52.4 Å². The quantitative estimate of drug-likeness (QED) is 0.697. The summed E-state index contributed by atoms with van der Waals surface area (Å²) < 4.78 is 0. The molecule has 32 heavy (non-hydrogen) atoms. The number of nitrogens with zero attached hydrogens (tertiary/aromatic N) is 1. The minimum absolute atomic E-state index is 0.0960. The number of nitrogens with one attached hydrogen (secondary N) is 2. The van der Waals surface area contributed by atoms with Gasteiger partial charge in [-0.2, -0.15) is 0 Å². The summed E-state index contributed by atoms with van der Waals surface area (Å²) >= 11 is 0. The van der Waals surface area contributed by atoms with Crippen LogP contribution in [-0.2, 0) is 4.79 Å². The second-order valence-electron chi connectivity index (χ2n) is 11.1. The van der Waals surface area contributed by atoms with Crippen LogP contribution in [-0.4, -0.2) is 36.5 Å². The zero-order valence-corrected chi connectivity index (χ0v) is 19.6. The molecule has 2 unspecified atom stereocenters. The number of carbonyl (C=O) groups is 2. The Morgan fingerprint density at radius 1 is 1.06 bits per heavy atom. The number of rotatable bonds is 3. The number of likely N-dealkylation sites (N-methyl/N-ethyl adjacent to an activating group) is 1. The normalized spacial score (nSPS) is 40.3. The lowest BCUT2D eigenvalue weighted by molar-refractivity contribution is -0.138. The van der Waals surface area contributed by atoms with Crippen LogP contribution >= 0.6 is 0 Å². The molecule has 1 aromatic rings. The third-order valence-corrected chi connectivity index (χ3v) is 9.86. The van der Waals surface area contributed by atoms with Crippen LogP contribution in [0.5, 0.6) is 0 Å². The molecule has 7 atom stereocenters. The highest BCUT2D eigenvalue weighted by atomic mass is 16.2. The molecule has 1 aromatic carbocycles. The maximum Gasteiger partial charge on any atom is 0.319 e. The SMILES string of the molecule is CN1C(=O)C=C[C@@]2(C)C1CC[C@@H]1[C@H]2CC[C@]2(C)C(CNC(=O)Nc3ccccc3)CC[C@@H]12. The van der Waals surface area contributed by atoms with Crippen molar-refractivity contribution in [2.45, 2.75) is 58.4 Å². The Morgan fingerprint density at radius 3 is 2.62 bits per heavy atom. The van der Waals surface area contributed by atoms with Gasteiger partial charge in [-0.15, -0.1) is 0 Å². The lowest BCUT2D eigenvalue weighted by Gasteiger charge is -2.60. The maximum atomic E-state index is 12.5. The minimum atomic E-state index is -0.106. The van der Waals surface area contributed by atoms with Gasteiger partial charge in [-0.05, 0) is 85.8 Å². The fraction of sp³-hybridized carbons (Fsp3) is 0.630. The zero-order chi connectivity index (χ0) is 22.5. The molecule has 2 N–H and O–H groups in total. The van der Waals surface area contributed by atoms with E-state index in [9.17, 15) is 9.59 Å². The molecule has 1 aliphatic heterocycles. The number of hydrogen-bond donors (Lipinski definition) is 2. The molecule has 0 radical (unpaired) electrons. The van der Waals surface area contributed by atoms with E-state index >= 15 is 0 Å². The summed E-state index contributed by atoms with van der Waals surface area (Å²) in [5.41, 5.74) is 1.22. The number of amides is 3. The van der Waals surface area contributed by atoms with E-state index in [0.29, 0.717) is 23.3 Å². The van der Waals surface area contributed by atoms with E-state index in [2.05, 4.69) is 30.6 Å². The fourth-order valence-corrected chi connectivity index (χ4v) is 8.10. The van der Waals surface area contributed by atoms with Gasteiger partial charge in [0.25, 0.3) is 0 Å². The van der Waals surface area contributed by atoms with Crippen molar-refractivity contribution in [1.29, 1.82) is 0 Å². The number of carbonyl (C=O) groups excluding carboxylic acids is 2. The lowest BCUT2D eigenvalue weighted by atomic mass is 9.47. The molecule has 1 heterocycles. The van der Waals surface area contributed by atoms with Crippen molar-refractivity contribution in [3.63, 3.8) is 0 Å². The molecule has 5 rings (SSSR count). The van der Waals surface area contributed by atoms with Gasteiger partial charge in [0.2, 0.25) is 5.91 Å². The van der Waals surface area contributed by atoms with Gasteiger partial charge in [0.05, 0.1) is 0 Å². The third kappa shape index (κ3) is 3.36. The van der Waals surface area contributed by atoms with E-state index in [1.807, 2.05) is 48.4 Å². The van der Waals surface area contributed by atoms with Crippen LogP contribution in [0, 0.1) is 34.5 Å². The summed E-state index contributed by atoms with van der Waals surface area (Å²) in [4.78, 5) is 26.7. The van der Waals surface area contributed by atoms with Crippen molar-refractivity contribution in [1.82, 2.24) is 10.2 Å². The van der Waals surface area contributed by atoms with Gasteiger partial charge in [0.1, 0.15) is 0 Å². The first kappa shape index (κ1) is 21.5. The standard InChI is InChI=1S/C27H37N3O2/c1-26-15-13-22-20(10-12-23-27(22,2)16-14-24(31)30(23)3)21(26)11-9-18(26)17-28-25(32)29-19-7-5-4-6-8-19/h4-8,14,16,18,20-23H,9-13,15,17H2,1-3H3,(H2,28,29,32)/t18?,20-,21-,22+,23?,26+,27+/m0/s1. The van der Waals surface area contributed by atoms with E-state index in [0.717, 1.165) is 30.5 Å². The summed E-state index contributed by atoms with van der Waals surface area (Å²) in [5.74, 6) is 2.79. The summed E-state index contributed by atoms with van der Waals surface area (Å²) in [6, 6.07) is 9.87. The van der Waals surface area contributed by atoms with Gasteiger partial charge >= 0.3 is 6.03 Å². The number of anilines is 1. The molecule has 5 nitrogen and oxygen atoms in total. The van der Waals surface area contributed by atoms with E-state index in [-0.39, 0.29) is 17.4 Å². The Kier molecular flexibility index (Phi) is 5.34. The maximum absolute atomic E-state index is 12.5. The second kappa shape index (κ2) is 7.93. The average molecular weight is 436 g/mol. The minimum Gasteiger partial charge on any atom is -0.338 e. The molecular weight excluding hydrogens is 398 g/mol. The summed E-state index contributed by atoms with van der Waals surface area (Å²) in [5, 5.41) is 6.11. The van der Waals surface area contributed by atoms with Crippen LogP contribution in [0.25, 0.3) is 0 Å². The van der Waals surface area contributed by atoms with E-state index in [1.54, 1.807) is 0 Å². The summed E-state index contributed by atoms with van der Waals surface area (Å²) in [6.45, 7) is 5.64. The van der Waals surface area contributed by atoms with Gasteiger partial charge in [-0.1, -0.05) is 38.1 Å². The molecule has 0 aromatic heterocycles. The van der Waals surface area contributed by atoms with Gasteiger partial charge in [0, 0.05) is 30.7 Å². The average Bonchev–Trinajstić information content (AvgIpc) is 3.12. The Morgan fingerprint density at radius 2 is 1.84 bits per heavy atom. The number of para-hydroxylation sites is 1. The Hall–Kier alpha value is -2.30. The molecule has 3 amide bonds.